The maximum atomic E-state index is 12.6. The lowest BCUT2D eigenvalue weighted by atomic mass is 10.00. The smallest absolute Gasteiger partial charge is 0.249 e. The van der Waals surface area contributed by atoms with Crippen molar-refractivity contribution in [3.8, 4) is 0 Å². The Balaban J connectivity index is 3.57. The molecule has 69 heavy (non-hydrogen) atoms. The molecule has 4 unspecified atom stereocenters. The van der Waals surface area contributed by atoms with E-state index in [4.69, 9.17) is 0 Å². The number of carbonyl (C=O) groups is 1. The van der Waals surface area contributed by atoms with Gasteiger partial charge in [-0.05, 0) is 70.6 Å². The van der Waals surface area contributed by atoms with Crippen LogP contribution in [0.25, 0.3) is 0 Å². The van der Waals surface area contributed by atoms with Crippen LogP contribution >= 0.6 is 0 Å². The summed E-state index contributed by atoms with van der Waals surface area (Å²) in [6.45, 7) is 4.07. The zero-order chi connectivity index (χ0) is 50.2. The SMILES string of the molecule is CCCCCCCCCCCCCC/C=C/CCCC(O)C(O)C(CO)NC(=O)C(O)CCCCCCCCCCCCCCCCCC/C=C\C/C=C\CCCCCCCCCCCCCCC. The lowest BCUT2D eigenvalue weighted by molar-refractivity contribution is -0.132. The molecule has 1 amide bonds. The van der Waals surface area contributed by atoms with E-state index >= 15 is 0 Å². The minimum absolute atomic E-state index is 0.364. The zero-order valence-corrected chi connectivity index (χ0v) is 46.3. The van der Waals surface area contributed by atoms with Crippen LogP contribution in [0.5, 0.6) is 0 Å². The van der Waals surface area contributed by atoms with Crippen LogP contribution in [-0.2, 0) is 4.79 Å². The molecule has 0 heterocycles. The van der Waals surface area contributed by atoms with E-state index in [1.54, 1.807) is 0 Å². The van der Waals surface area contributed by atoms with Crippen molar-refractivity contribution in [1.29, 1.82) is 0 Å². The predicted octanol–water partition coefficient (Wildman–Crippen LogP) is 18.4. The van der Waals surface area contributed by atoms with Gasteiger partial charge in [0, 0.05) is 0 Å². The van der Waals surface area contributed by atoms with E-state index in [2.05, 4.69) is 55.6 Å². The summed E-state index contributed by atoms with van der Waals surface area (Å²) in [6, 6.07) is -1.00. The van der Waals surface area contributed by atoms with E-state index in [-0.39, 0.29) is 0 Å². The highest BCUT2D eigenvalue weighted by molar-refractivity contribution is 5.80. The van der Waals surface area contributed by atoms with Crippen LogP contribution in [-0.4, -0.2) is 57.3 Å². The van der Waals surface area contributed by atoms with E-state index in [0.29, 0.717) is 12.8 Å². The lowest BCUT2D eigenvalue weighted by Crippen LogP contribution is -2.53. The fraction of sp³-hybridized carbons (Fsp3) is 0.889. The third-order valence-electron chi connectivity index (χ3n) is 14.6. The summed E-state index contributed by atoms with van der Waals surface area (Å²) in [6.07, 6.45) is 72.4. The van der Waals surface area contributed by atoms with Crippen LogP contribution in [0.4, 0.5) is 0 Å². The molecule has 0 bridgehead atoms. The summed E-state index contributed by atoms with van der Waals surface area (Å²) in [7, 11) is 0. The van der Waals surface area contributed by atoms with Crippen LogP contribution in [0.2, 0.25) is 0 Å². The average Bonchev–Trinajstić information content (AvgIpc) is 3.35. The summed E-state index contributed by atoms with van der Waals surface area (Å²) >= 11 is 0. The molecule has 0 saturated carbocycles. The number of unbranched alkanes of at least 4 members (excludes halogenated alkanes) is 42. The van der Waals surface area contributed by atoms with Crippen LogP contribution < -0.4 is 5.32 Å². The van der Waals surface area contributed by atoms with Crippen LogP contribution in [0.1, 0.15) is 328 Å². The van der Waals surface area contributed by atoms with Gasteiger partial charge in [0.25, 0.3) is 0 Å². The van der Waals surface area contributed by atoms with Gasteiger partial charge in [0.1, 0.15) is 12.2 Å². The van der Waals surface area contributed by atoms with Crippen molar-refractivity contribution in [3.63, 3.8) is 0 Å². The monoisotopic (exact) mass is 972 g/mol. The maximum absolute atomic E-state index is 12.6. The van der Waals surface area contributed by atoms with Gasteiger partial charge in [-0.3, -0.25) is 4.79 Å². The first-order valence-corrected chi connectivity index (χ1v) is 30.9. The van der Waals surface area contributed by atoms with Crippen LogP contribution in [0, 0.1) is 0 Å². The van der Waals surface area contributed by atoms with E-state index in [1.165, 1.54) is 257 Å². The Hall–Kier alpha value is -1.47. The molecule has 6 nitrogen and oxygen atoms in total. The summed E-state index contributed by atoms with van der Waals surface area (Å²) < 4.78 is 0. The Morgan fingerprint density at radius 1 is 0.362 bits per heavy atom. The first-order valence-electron chi connectivity index (χ1n) is 30.9. The standard InChI is InChI=1S/C63H121NO5/c1-3-5-7-9-11-13-15-17-19-21-22-23-24-25-26-27-28-29-30-31-32-33-34-35-36-37-38-39-41-43-45-47-49-51-53-55-57-61(67)63(69)64-59(58-65)62(68)60(66)56-54-52-50-48-46-44-42-40-20-18-16-14-12-10-8-6-4-2/h26-27,29-30,48,50,59-62,65-68H,3-25,28,31-47,49,51-58H2,1-2H3,(H,64,69)/b27-26-,30-29-,50-48+. The number of hydrogen-bond acceptors (Lipinski definition) is 5. The Labute approximate surface area is 430 Å². The van der Waals surface area contributed by atoms with Crippen molar-refractivity contribution < 1.29 is 25.2 Å². The Bertz CT molecular complexity index is 1090. The number of aliphatic hydroxyl groups excluding tert-OH is 4. The summed E-state index contributed by atoms with van der Waals surface area (Å²) in [4.78, 5) is 12.6. The van der Waals surface area contributed by atoms with E-state index in [1.807, 2.05) is 0 Å². The van der Waals surface area contributed by atoms with E-state index in [0.717, 1.165) is 44.9 Å². The largest absolute Gasteiger partial charge is 0.394 e. The van der Waals surface area contributed by atoms with E-state index in [9.17, 15) is 25.2 Å². The van der Waals surface area contributed by atoms with Crippen LogP contribution in [0.3, 0.4) is 0 Å². The second kappa shape index (κ2) is 57.4. The van der Waals surface area contributed by atoms with Crippen LogP contribution in [0.15, 0.2) is 36.5 Å². The summed E-state index contributed by atoms with van der Waals surface area (Å²) in [5.74, 6) is -0.590. The number of carbonyl (C=O) groups excluding carboxylic acids is 1. The Kier molecular flexibility index (Phi) is 56.2. The molecule has 0 aromatic carbocycles. The number of hydrogen-bond donors (Lipinski definition) is 5. The molecule has 4 atom stereocenters. The third-order valence-corrected chi connectivity index (χ3v) is 14.6. The quantitative estimate of drug-likeness (QED) is 0.0308. The van der Waals surface area contributed by atoms with Crippen molar-refractivity contribution in [2.45, 2.75) is 353 Å². The second-order valence-electron chi connectivity index (χ2n) is 21.4. The van der Waals surface area contributed by atoms with E-state index < -0.39 is 36.9 Å². The van der Waals surface area contributed by atoms with Crippen molar-refractivity contribution in [2.24, 2.45) is 0 Å². The molecule has 408 valence electrons. The first kappa shape index (κ1) is 67.5. The molecule has 0 radical (unpaired) electrons. The van der Waals surface area contributed by atoms with Gasteiger partial charge in [0.05, 0.1) is 18.8 Å². The molecule has 0 saturated heterocycles. The molecule has 0 aromatic rings. The highest BCUT2D eigenvalue weighted by Crippen LogP contribution is 2.18. The molecular formula is C63H121NO5. The van der Waals surface area contributed by atoms with Gasteiger partial charge in [0.2, 0.25) is 5.91 Å². The third kappa shape index (κ3) is 51.2. The van der Waals surface area contributed by atoms with Gasteiger partial charge in [-0.1, -0.05) is 294 Å². The summed E-state index contributed by atoms with van der Waals surface area (Å²) in [5, 5.41) is 44.0. The molecule has 0 fully saturated rings. The van der Waals surface area contributed by atoms with Crippen molar-refractivity contribution >= 4 is 5.91 Å². The molecule has 0 aromatic heterocycles. The highest BCUT2D eigenvalue weighted by atomic mass is 16.3. The molecule has 0 aliphatic carbocycles. The molecule has 5 N–H and O–H groups in total. The molecule has 0 aliphatic rings. The fourth-order valence-electron chi connectivity index (χ4n) is 9.73. The van der Waals surface area contributed by atoms with Crippen molar-refractivity contribution in [3.05, 3.63) is 36.5 Å². The van der Waals surface area contributed by atoms with Gasteiger partial charge in [0.15, 0.2) is 0 Å². The molecule has 0 spiro atoms. The van der Waals surface area contributed by atoms with Crippen molar-refractivity contribution in [2.75, 3.05) is 6.61 Å². The zero-order valence-electron chi connectivity index (χ0n) is 46.3. The molecule has 0 rings (SSSR count). The minimum atomic E-state index is -1.28. The van der Waals surface area contributed by atoms with Gasteiger partial charge in [-0.25, -0.2) is 0 Å². The topological polar surface area (TPSA) is 110 Å². The molecule has 6 heteroatoms. The lowest BCUT2D eigenvalue weighted by Gasteiger charge is -2.27. The van der Waals surface area contributed by atoms with Gasteiger partial charge >= 0.3 is 0 Å². The maximum Gasteiger partial charge on any atom is 0.249 e. The second-order valence-corrected chi connectivity index (χ2v) is 21.4. The van der Waals surface area contributed by atoms with Gasteiger partial charge in [-0.2, -0.15) is 0 Å². The Morgan fingerprint density at radius 2 is 0.638 bits per heavy atom. The molecule has 0 aliphatic heterocycles. The number of rotatable bonds is 57. The predicted molar refractivity (Wildman–Crippen MR) is 302 cm³/mol. The number of allylic oxidation sites excluding steroid dienone is 6. The Morgan fingerprint density at radius 3 is 0.957 bits per heavy atom. The first-order chi connectivity index (χ1) is 34.0. The van der Waals surface area contributed by atoms with Gasteiger partial charge in [-0.15, -0.1) is 0 Å². The normalized spacial score (nSPS) is 13.9. The fourth-order valence-corrected chi connectivity index (χ4v) is 9.73. The number of amides is 1. The number of aliphatic hydroxyl groups is 4. The molecular weight excluding hydrogens is 851 g/mol. The average molecular weight is 973 g/mol. The summed E-state index contributed by atoms with van der Waals surface area (Å²) in [5.41, 5.74) is 0. The number of nitrogens with one attached hydrogen (secondary N) is 1. The van der Waals surface area contributed by atoms with Crippen molar-refractivity contribution in [1.82, 2.24) is 5.32 Å². The highest BCUT2D eigenvalue weighted by Gasteiger charge is 2.28. The minimum Gasteiger partial charge on any atom is -0.394 e. The van der Waals surface area contributed by atoms with Gasteiger partial charge < -0.3 is 25.7 Å².